The second-order valence-electron chi connectivity index (χ2n) is 6.22. The van der Waals surface area contributed by atoms with Crippen molar-refractivity contribution in [2.45, 2.75) is 39.4 Å². The van der Waals surface area contributed by atoms with Crippen LogP contribution < -0.4 is 4.90 Å². The van der Waals surface area contributed by atoms with E-state index in [2.05, 4.69) is 23.8 Å². The van der Waals surface area contributed by atoms with Gasteiger partial charge in [0.05, 0.1) is 12.7 Å². The molecule has 0 N–H and O–H groups in total. The molecule has 1 aromatic heterocycles. The van der Waals surface area contributed by atoms with Gasteiger partial charge in [0.1, 0.15) is 13.0 Å². The molecule has 2 heterocycles. The molecule has 1 aliphatic rings. The predicted molar refractivity (Wildman–Crippen MR) is 94.9 cm³/mol. The van der Waals surface area contributed by atoms with Gasteiger partial charge in [0.2, 0.25) is 0 Å². The highest BCUT2D eigenvalue weighted by Crippen LogP contribution is 2.30. The van der Waals surface area contributed by atoms with Crippen molar-refractivity contribution >= 4 is 23.9 Å². The Morgan fingerprint density at radius 2 is 2.21 bits per heavy atom. The van der Waals surface area contributed by atoms with Gasteiger partial charge in [-0.15, -0.1) is 0 Å². The molecule has 0 saturated heterocycles. The smallest absolute Gasteiger partial charge is 0.338 e. The van der Waals surface area contributed by atoms with Crippen LogP contribution in [0, 0.1) is 4.77 Å². The van der Waals surface area contributed by atoms with Crippen LogP contribution in [0.5, 0.6) is 0 Å². The monoisotopic (exact) mass is 346 g/mol. The molecule has 0 amide bonds. The van der Waals surface area contributed by atoms with Gasteiger partial charge in [-0.25, -0.2) is 9.48 Å². The van der Waals surface area contributed by atoms with Crippen molar-refractivity contribution in [3.8, 4) is 0 Å². The summed E-state index contributed by atoms with van der Waals surface area (Å²) in [6.45, 7) is 5.66. The van der Waals surface area contributed by atoms with Crippen molar-refractivity contribution < 1.29 is 9.53 Å². The molecule has 3 rings (SSSR count). The lowest BCUT2D eigenvalue weighted by Gasteiger charge is -2.31. The van der Waals surface area contributed by atoms with Crippen LogP contribution in [0.3, 0.4) is 0 Å². The number of methoxy groups -OCH3 is 1. The summed E-state index contributed by atoms with van der Waals surface area (Å²) < 4.78 is 9.43. The maximum Gasteiger partial charge on any atom is 0.338 e. The second-order valence-corrected chi connectivity index (χ2v) is 6.58. The van der Waals surface area contributed by atoms with E-state index in [4.69, 9.17) is 17.0 Å². The van der Waals surface area contributed by atoms with E-state index in [1.807, 2.05) is 27.4 Å². The Hall–Kier alpha value is -2.15. The van der Waals surface area contributed by atoms with Crippen molar-refractivity contribution in [1.82, 2.24) is 14.3 Å². The molecular formula is C17H22N4O2S. The number of benzene rings is 1. The van der Waals surface area contributed by atoms with Crippen LogP contribution >= 0.6 is 12.2 Å². The molecule has 1 aliphatic heterocycles. The molecule has 0 unspecified atom stereocenters. The van der Waals surface area contributed by atoms with Crippen molar-refractivity contribution in [2.24, 2.45) is 0 Å². The van der Waals surface area contributed by atoms with Crippen LogP contribution in [-0.2, 0) is 17.8 Å². The summed E-state index contributed by atoms with van der Waals surface area (Å²) in [5.74, 6) is -0.283. The van der Waals surface area contributed by atoms with Gasteiger partial charge >= 0.3 is 5.97 Å². The number of nitrogens with zero attached hydrogens (tertiary/aromatic N) is 4. The number of ether oxygens (including phenoxy) is 1. The molecule has 7 heteroatoms. The van der Waals surface area contributed by atoms with Gasteiger partial charge in [-0.1, -0.05) is 6.07 Å². The summed E-state index contributed by atoms with van der Waals surface area (Å²) in [7, 11) is 1.42. The zero-order valence-electron chi connectivity index (χ0n) is 14.2. The van der Waals surface area contributed by atoms with Crippen LogP contribution in [0.2, 0.25) is 0 Å². The molecule has 0 bridgehead atoms. The van der Waals surface area contributed by atoms with Crippen LogP contribution in [0.4, 0.5) is 5.69 Å². The van der Waals surface area contributed by atoms with E-state index in [0.29, 0.717) is 17.0 Å². The van der Waals surface area contributed by atoms with Crippen LogP contribution in [0.15, 0.2) is 24.5 Å². The van der Waals surface area contributed by atoms with Crippen LogP contribution in [0.25, 0.3) is 0 Å². The molecule has 6 nitrogen and oxygen atoms in total. The Kier molecular flexibility index (Phi) is 4.71. The molecule has 0 atom stereocenters. The summed E-state index contributed by atoms with van der Waals surface area (Å²) in [4.78, 5) is 14.2. The first-order valence-electron chi connectivity index (χ1n) is 8.12. The van der Waals surface area contributed by atoms with Crippen LogP contribution in [-0.4, -0.2) is 34.0 Å². The SMILES string of the molecule is COC(=O)c1cccc2c1CCCN2Cn1ncn(C(C)C)c1=S. The number of rotatable bonds is 4. The summed E-state index contributed by atoms with van der Waals surface area (Å²) in [5, 5.41) is 4.42. The first kappa shape index (κ1) is 16.7. The highest BCUT2D eigenvalue weighted by molar-refractivity contribution is 7.71. The normalized spacial score (nSPS) is 13.9. The van der Waals surface area contributed by atoms with E-state index in [-0.39, 0.29) is 12.0 Å². The molecule has 2 aromatic rings. The molecule has 0 aliphatic carbocycles. The Bertz CT molecular complexity index is 809. The van der Waals surface area contributed by atoms with Gasteiger partial charge in [-0.2, -0.15) is 5.10 Å². The second kappa shape index (κ2) is 6.76. The zero-order chi connectivity index (χ0) is 17.3. The minimum absolute atomic E-state index is 0.283. The van der Waals surface area contributed by atoms with Crippen molar-refractivity contribution in [1.29, 1.82) is 0 Å². The standard InChI is InChI=1S/C17H22N4O2S/c1-12(2)20-10-18-21(17(20)24)11-19-9-5-7-13-14(16(22)23-3)6-4-8-15(13)19/h4,6,8,10,12H,5,7,9,11H2,1-3H3. The van der Waals surface area contributed by atoms with Crippen molar-refractivity contribution in [2.75, 3.05) is 18.6 Å². The summed E-state index contributed by atoms with van der Waals surface area (Å²) in [6, 6.07) is 6.05. The number of carbonyl (C=O) groups is 1. The minimum atomic E-state index is -0.283. The molecule has 0 spiro atoms. The van der Waals surface area contributed by atoms with Crippen molar-refractivity contribution in [3.05, 3.63) is 40.4 Å². The fourth-order valence-electron chi connectivity index (χ4n) is 3.11. The summed E-state index contributed by atoms with van der Waals surface area (Å²) in [6.07, 6.45) is 3.64. The molecule has 0 fully saturated rings. The lowest BCUT2D eigenvalue weighted by atomic mass is 9.96. The summed E-state index contributed by atoms with van der Waals surface area (Å²) in [5.41, 5.74) is 2.76. The van der Waals surface area contributed by atoms with Gasteiger partial charge in [0.25, 0.3) is 0 Å². The van der Waals surface area contributed by atoms with E-state index in [1.165, 1.54) is 7.11 Å². The number of fused-ring (bicyclic) bond motifs is 1. The predicted octanol–water partition coefficient (Wildman–Crippen LogP) is 3.19. The van der Waals surface area contributed by atoms with Gasteiger partial charge in [-0.3, -0.25) is 0 Å². The third-order valence-corrected chi connectivity index (χ3v) is 4.79. The fourth-order valence-corrected chi connectivity index (χ4v) is 3.47. The van der Waals surface area contributed by atoms with Gasteiger partial charge < -0.3 is 14.2 Å². The van der Waals surface area contributed by atoms with E-state index < -0.39 is 0 Å². The third-order valence-electron chi connectivity index (χ3n) is 4.37. The first-order valence-corrected chi connectivity index (χ1v) is 8.53. The lowest BCUT2D eigenvalue weighted by molar-refractivity contribution is 0.0599. The Morgan fingerprint density at radius 1 is 1.42 bits per heavy atom. The number of anilines is 1. The number of hydrogen-bond acceptors (Lipinski definition) is 5. The largest absolute Gasteiger partial charge is 0.465 e. The van der Waals surface area contributed by atoms with E-state index >= 15 is 0 Å². The lowest BCUT2D eigenvalue weighted by Crippen LogP contribution is -2.33. The first-order chi connectivity index (χ1) is 11.5. The van der Waals surface area contributed by atoms with Crippen molar-refractivity contribution in [3.63, 3.8) is 0 Å². The van der Waals surface area contributed by atoms with Gasteiger partial charge in [-0.05, 0) is 56.6 Å². The Morgan fingerprint density at radius 3 is 2.88 bits per heavy atom. The highest BCUT2D eigenvalue weighted by Gasteiger charge is 2.23. The Balaban J connectivity index is 1.93. The maximum atomic E-state index is 12.0. The topological polar surface area (TPSA) is 52.3 Å². The molecule has 24 heavy (non-hydrogen) atoms. The number of hydrogen-bond donors (Lipinski definition) is 0. The zero-order valence-corrected chi connectivity index (χ0v) is 15.0. The van der Waals surface area contributed by atoms with Gasteiger partial charge in [0, 0.05) is 18.3 Å². The maximum absolute atomic E-state index is 12.0. The van der Waals surface area contributed by atoms with Crippen LogP contribution in [0.1, 0.15) is 42.2 Å². The molecule has 0 saturated carbocycles. The minimum Gasteiger partial charge on any atom is -0.465 e. The van der Waals surface area contributed by atoms with E-state index in [1.54, 1.807) is 6.33 Å². The average molecular weight is 346 g/mol. The van der Waals surface area contributed by atoms with Gasteiger partial charge in [0.15, 0.2) is 4.77 Å². The Labute approximate surface area is 146 Å². The average Bonchev–Trinajstić information content (AvgIpc) is 2.95. The van der Waals surface area contributed by atoms with E-state index in [9.17, 15) is 4.79 Å². The molecule has 1 aromatic carbocycles. The fraction of sp³-hybridized carbons (Fsp3) is 0.471. The molecule has 128 valence electrons. The molecule has 0 radical (unpaired) electrons. The number of aromatic nitrogens is 3. The quantitative estimate of drug-likeness (QED) is 0.629. The number of carbonyl (C=O) groups excluding carboxylic acids is 1. The summed E-state index contributed by atoms with van der Waals surface area (Å²) >= 11 is 5.52. The highest BCUT2D eigenvalue weighted by atomic mass is 32.1. The number of esters is 1. The van der Waals surface area contributed by atoms with E-state index in [0.717, 1.165) is 30.6 Å². The molecular weight excluding hydrogens is 324 g/mol. The third kappa shape index (κ3) is 2.96.